The first-order chi connectivity index (χ1) is 4.39. The second-order valence-electron chi connectivity index (χ2n) is 4.17. The van der Waals surface area contributed by atoms with Crippen molar-refractivity contribution in [2.75, 3.05) is 0 Å². The highest BCUT2D eigenvalue weighted by Crippen LogP contribution is 2.26. The number of rotatable bonds is 2. The first kappa shape index (κ1) is 9.96. The molecule has 0 saturated carbocycles. The molecule has 0 N–H and O–H groups in total. The van der Waals surface area contributed by atoms with Gasteiger partial charge in [0.1, 0.15) is 6.10 Å². The summed E-state index contributed by atoms with van der Waals surface area (Å²) in [5.41, 5.74) is -0.0740. The van der Waals surface area contributed by atoms with E-state index in [0.717, 1.165) is 6.42 Å². The van der Waals surface area contributed by atoms with Crippen molar-refractivity contribution in [3.63, 3.8) is 0 Å². The minimum Gasteiger partial charge on any atom is -0.232 e. The predicted molar refractivity (Wildman–Crippen MR) is 43.4 cm³/mol. The maximum atomic E-state index is 11.5. The standard InChI is InChI=1S/C9H19O/c1-6-7(2)8(10)9(3,4)5/h7-8H,6H2,1-5H3. The van der Waals surface area contributed by atoms with Gasteiger partial charge in [-0.05, 0) is 11.3 Å². The molecule has 2 unspecified atom stereocenters. The van der Waals surface area contributed by atoms with Crippen LogP contribution in [0.25, 0.3) is 0 Å². The third kappa shape index (κ3) is 2.70. The molecule has 0 aromatic rings. The monoisotopic (exact) mass is 143 g/mol. The van der Waals surface area contributed by atoms with E-state index in [1.54, 1.807) is 0 Å². The molecular formula is C9H19O. The molecular weight excluding hydrogens is 124 g/mol. The van der Waals surface area contributed by atoms with Gasteiger partial charge in [0.15, 0.2) is 0 Å². The van der Waals surface area contributed by atoms with Crippen LogP contribution in [0, 0.1) is 11.3 Å². The lowest BCUT2D eigenvalue weighted by Crippen LogP contribution is -2.30. The largest absolute Gasteiger partial charge is 0.232 e. The van der Waals surface area contributed by atoms with E-state index in [1.165, 1.54) is 0 Å². The van der Waals surface area contributed by atoms with Crippen molar-refractivity contribution in [2.24, 2.45) is 11.3 Å². The maximum absolute atomic E-state index is 11.5. The minimum atomic E-state index is -0.419. The van der Waals surface area contributed by atoms with Gasteiger partial charge in [0.05, 0.1) is 0 Å². The zero-order valence-electron chi connectivity index (χ0n) is 7.77. The lowest BCUT2D eigenvalue weighted by Gasteiger charge is -2.28. The van der Waals surface area contributed by atoms with Gasteiger partial charge in [-0.2, -0.15) is 0 Å². The molecule has 0 aliphatic carbocycles. The molecule has 0 rings (SSSR count). The van der Waals surface area contributed by atoms with E-state index in [4.69, 9.17) is 0 Å². The van der Waals surface area contributed by atoms with E-state index in [-0.39, 0.29) is 5.41 Å². The van der Waals surface area contributed by atoms with Gasteiger partial charge in [0.2, 0.25) is 0 Å². The highest BCUT2D eigenvalue weighted by atomic mass is 16.3. The van der Waals surface area contributed by atoms with Gasteiger partial charge in [-0.15, -0.1) is 0 Å². The first-order valence-electron chi connectivity index (χ1n) is 4.05. The van der Waals surface area contributed by atoms with Crippen molar-refractivity contribution >= 4 is 0 Å². The Bertz CT molecular complexity index is 91.4. The molecule has 1 nitrogen and oxygen atoms in total. The van der Waals surface area contributed by atoms with E-state index >= 15 is 0 Å². The highest BCUT2D eigenvalue weighted by molar-refractivity contribution is 4.76. The Morgan fingerprint density at radius 2 is 1.70 bits per heavy atom. The first-order valence-corrected chi connectivity index (χ1v) is 4.05. The highest BCUT2D eigenvalue weighted by Gasteiger charge is 2.27. The summed E-state index contributed by atoms with van der Waals surface area (Å²) in [4.78, 5) is 0. The van der Waals surface area contributed by atoms with Crippen LogP contribution in [-0.2, 0) is 5.11 Å². The summed E-state index contributed by atoms with van der Waals surface area (Å²) in [6.45, 7) is 10.1. The van der Waals surface area contributed by atoms with Crippen LogP contribution >= 0.6 is 0 Å². The van der Waals surface area contributed by atoms with Gasteiger partial charge in [0.25, 0.3) is 0 Å². The molecule has 10 heavy (non-hydrogen) atoms. The van der Waals surface area contributed by atoms with E-state index in [1.807, 2.05) is 27.7 Å². The summed E-state index contributed by atoms with van der Waals surface area (Å²) < 4.78 is 0. The molecule has 0 saturated heterocycles. The molecule has 61 valence electrons. The Labute approximate surface area is 64.5 Å². The summed E-state index contributed by atoms with van der Waals surface area (Å²) in [5.74, 6) is 0.306. The zero-order valence-corrected chi connectivity index (χ0v) is 7.77. The van der Waals surface area contributed by atoms with Crippen LogP contribution in [0.2, 0.25) is 0 Å². The molecule has 1 radical (unpaired) electrons. The van der Waals surface area contributed by atoms with Crippen LogP contribution in [-0.4, -0.2) is 6.10 Å². The lowest BCUT2D eigenvalue weighted by atomic mass is 9.81. The Kier molecular flexibility index (Phi) is 3.37. The smallest absolute Gasteiger partial charge is 0.100 e. The summed E-state index contributed by atoms with van der Waals surface area (Å²) in [6, 6.07) is 0. The Balaban J connectivity index is 3.94. The van der Waals surface area contributed by atoms with Crippen LogP contribution in [0.5, 0.6) is 0 Å². The summed E-state index contributed by atoms with van der Waals surface area (Å²) in [7, 11) is 0. The van der Waals surface area contributed by atoms with E-state index < -0.39 is 6.10 Å². The van der Waals surface area contributed by atoms with Crippen LogP contribution < -0.4 is 0 Å². The second-order valence-corrected chi connectivity index (χ2v) is 4.17. The Hall–Kier alpha value is -0.0400. The molecule has 2 atom stereocenters. The molecule has 0 aromatic carbocycles. The molecule has 0 aromatic heterocycles. The van der Waals surface area contributed by atoms with E-state index in [2.05, 4.69) is 6.92 Å². The molecule has 0 amide bonds. The van der Waals surface area contributed by atoms with Gasteiger partial charge in [-0.1, -0.05) is 41.0 Å². The van der Waals surface area contributed by atoms with Gasteiger partial charge in [-0.25, -0.2) is 5.11 Å². The molecule has 0 bridgehead atoms. The van der Waals surface area contributed by atoms with Gasteiger partial charge in [-0.3, -0.25) is 0 Å². The average molecular weight is 143 g/mol. The van der Waals surface area contributed by atoms with E-state index in [9.17, 15) is 5.11 Å². The minimum absolute atomic E-state index is 0.0740. The molecule has 0 spiro atoms. The van der Waals surface area contributed by atoms with Crippen LogP contribution in [0.3, 0.4) is 0 Å². The van der Waals surface area contributed by atoms with Gasteiger partial charge < -0.3 is 0 Å². The summed E-state index contributed by atoms with van der Waals surface area (Å²) in [6.07, 6.45) is 0.573. The molecule has 0 aliphatic heterocycles. The fraction of sp³-hybridized carbons (Fsp3) is 1.00. The summed E-state index contributed by atoms with van der Waals surface area (Å²) in [5, 5.41) is 11.5. The van der Waals surface area contributed by atoms with Gasteiger partial charge in [0, 0.05) is 0 Å². The fourth-order valence-corrected chi connectivity index (χ4v) is 1.07. The van der Waals surface area contributed by atoms with Crippen molar-refractivity contribution in [2.45, 2.75) is 47.1 Å². The third-order valence-corrected chi connectivity index (χ3v) is 2.01. The van der Waals surface area contributed by atoms with E-state index in [0.29, 0.717) is 5.92 Å². The SMILES string of the molecule is CCC(C)C([O])C(C)(C)C. The zero-order chi connectivity index (χ0) is 8.36. The fourth-order valence-electron chi connectivity index (χ4n) is 1.07. The number of hydrogen-bond acceptors (Lipinski definition) is 0. The summed E-state index contributed by atoms with van der Waals surface area (Å²) >= 11 is 0. The maximum Gasteiger partial charge on any atom is 0.100 e. The Morgan fingerprint density at radius 1 is 1.30 bits per heavy atom. The second kappa shape index (κ2) is 3.38. The quantitative estimate of drug-likeness (QED) is 0.566. The molecule has 0 aliphatic rings. The van der Waals surface area contributed by atoms with Crippen LogP contribution in [0.1, 0.15) is 41.0 Å². The number of hydrogen-bond donors (Lipinski definition) is 0. The normalized spacial score (nSPS) is 18.6. The average Bonchev–Trinajstić information content (AvgIpc) is 1.83. The lowest BCUT2D eigenvalue weighted by molar-refractivity contribution is -0.0387. The van der Waals surface area contributed by atoms with Crippen molar-refractivity contribution in [1.82, 2.24) is 0 Å². The topological polar surface area (TPSA) is 19.9 Å². The predicted octanol–water partition coefficient (Wildman–Crippen LogP) is 2.88. The van der Waals surface area contributed by atoms with Crippen molar-refractivity contribution in [1.29, 1.82) is 0 Å². The van der Waals surface area contributed by atoms with Crippen LogP contribution in [0.4, 0.5) is 0 Å². The van der Waals surface area contributed by atoms with Crippen LogP contribution in [0.15, 0.2) is 0 Å². The molecule has 0 fully saturated rings. The third-order valence-electron chi connectivity index (χ3n) is 2.01. The van der Waals surface area contributed by atoms with Crippen molar-refractivity contribution in [3.05, 3.63) is 0 Å². The van der Waals surface area contributed by atoms with Crippen molar-refractivity contribution < 1.29 is 5.11 Å². The Morgan fingerprint density at radius 3 is 1.80 bits per heavy atom. The van der Waals surface area contributed by atoms with Gasteiger partial charge >= 0.3 is 0 Å². The molecule has 0 heterocycles. The molecule has 1 heteroatoms. The van der Waals surface area contributed by atoms with Crippen molar-refractivity contribution in [3.8, 4) is 0 Å².